The summed E-state index contributed by atoms with van der Waals surface area (Å²) in [6, 6.07) is 4.78. The van der Waals surface area contributed by atoms with E-state index in [4.69, 9.17) is 14.4 Å². The maximum atomic E-state index is 10.9. The number of nitrogens with zero attached hydrogens (tertiary/aromatic N) is 1. The summed E-state index contributed by atoms with van der Waals surface area (Å²) < 4.78 is 11.6. The molecule has 1 heterocycles. The van der Waals surface area contributed by atoms with Gasteiger partial charge in [0, 0.05) is 0 Å². The van der Waals surface area contributed by atoms with Gasteiger partial charge >= 0.3 is 5.97 Å². The van der Waals surface area contributed by atoms with Gasteiger partial charge in [0.25, 0.3) is 0 Å². The van der Waals surface area contributed by atoms with E-state index in [1.165, 1.54) is 6.07 Å². The minimum atomic E-state index is -0.974. The van der Waals surface area contributed by atoms with Gasteiger partial charge in [-0.05, 0) is 54.6 Å². The van der Waals surface area contributed by atoms with Crippen molar-refractivity contribution in [2.75, 3.05) is 0 Å². The Bertz CT molecular complexity index is 602. The molecule has 19 heavy (non-hydrogen) atoms. The average molecular weight is 373 g/mol. The number of aromatic nitrogens is 1. The molecule has 5 nitrogen and oxygen atoms in total. The van der Waals surface area contributed by atoms with Crippen LogP contribution in [0.2, 0.25) is 0 Å². The van der Waals surface area contributed by atoms with Crippen LogP contribution in [0.1, 0.15) is 27.4 Å². The van der Waals surface area contributed by atoms with E-state index >= 15 is 0 Å². The minimum absolute atomic E-state index is 0.203. The highest BCUT2D eigenvalue weighted by Gasteiger charge is 2.12. The molecule has 0 unspecified atom stereocenters. The number of carbonyl (C=O) groups is 1. The van der Waals surface area contributed by atoms with Gasteiger partial charge in [0.1, 0.15) is 18.1 Å². The molecule has 0 atom stereocenters. The number of aryl methyl sites for hydroxylation is 2. The predicted octanol–water partition coefficient (Wildman–Crippen LogP) is 3.17. The SMILES string of the molecule is Cc1noc(C)c1COc1cc(C(=O)O)ccc1I. The van der Waals surface area contributed by atoms with Gasteiger partial charge in [-0.1, -0.05) is 5.16 Å². The lowest BCUT2D eigenvalue weighted by Gasteiger charge is -2.08. The minimum Gasteiger partial charge on any atom is -0.488 e. The van der Waals surface area contributed by atoms with E-state index in [1.54, 1.807) is 12.1 Å². The second-order valence-corrected chi connectivity index (χ2v) is 5.20. The molecule has 2 aromatic rings. The molecule has 2 rings (SSSR count). The molecule has 0 fully saturated rings. The number of hydrogen-bond donors (Lipinski definition) is 1. The van der Waals surface area contributed by atoms with Crippen molar-refractivity contribution in [1.29, 1.82) is 0 Å². The summed E-state index contributed by atoms with van der Waals surface area (Å²) in [6.07, 6.45) is 0. The normalized spacial score (nSPS) is 10.5. The van der Waals surface area contributed by atoms with Crippen molar-refractivity contribution < 1.29 is 19.2 Å². The van der Waals surface area contributed by atoms with Gasteiger partial charge in [-0.25, -0.2) is 4.79 Å². The third-order valence-corrected chi connectivity index (χ3v) is 3.62. The second-order valence-electron chi connectivity index (χ2n) is 4.04. The Morgan fingerprint density at radius 1 is 1.47 bits per heavy atom. The number of aromatic carboxylic acids is 1. The molecule has 0 aliphatic carbocycles. The lowest BCUT2D eigenvalue weighted by atomic mass is 10.2. The summed E-state index contributed by atoms with van der Waals surface area (Å²) in [7, 11) is 0. The van der Waals surface area contributed by atoms with Crippen LogP contribution in [0.15, 0.2) is 22.7 Å². The first-order valence-corrected chi connectivity index (χ1v) is 6.64. The molecule has 1 aromatic heterocycles. The molecular weight excluding hydrogens is 361 g/mol. The fourth-order valence-corrected chi connectivity index (χ4v) is 2.10. The maximum Gasteiger partial charge on any atom is 0.335 e. The first kappa shape index (κ1) is 13.9. The molecule has 6 heteroatoms. The number of hydrogen-bond acceptors (Lipinski definition) is 4. The van der Waals surface area contributed by atoms with Gasteiger partial charge in [-0.3, -0.25) is 0 Å². The number of ether oxygens (including phenoxy) is 1. The maximum absolute atomic E-state index is 10.9. The van der Waals surface area contributed by atoms with Crippen molar-refractivity contribution in [3.05, 3.63) is 44.4 Å². The molecule has 100 valence electrons. The third kappa shape index (κ3) is 3.06. The standard InChI is InChI=1S/C13H12INO4/c1-7-10(8(2)19-15-7)6-18-12-5-9(13(16)17)3-4-11(12)14/h3-5H,6H2,1-2H3,(H,16,17). The van der Waals surface area contributed by atoms with E-state index in [9.17, 15) is 4.79 Å². The number of benzene rings is 1. The van der Waals surface area contributed by atoms with Crippen molar-refractivity contribution >= 4 is 28.6 Å². The fourth-order valence-electron chi connectivity index (χ4n) is 1.60. The van der Waals surface area contributed by atoms with Crippen molar-refractivity contribution in [2.24, 2.45) is 0 Å². The van der Waals surface area contributed by atoms with Crippen LogP contribution in [-0.2, 0) is 6.61 Å². The smallest absolute Gasteiger partial charge is 0.335 e. The summed E-state index contributed by atoms with van der Waals surface area (Å²) in [6.45, 7) is 3.96. The zero-order valence-electron chi connectivity index (χ0n) is 10.4. The average Bonchev–Trinajstić information content (AvgIpc) is 2.68. The third-order valence-electron chi connectivity index (χ3n) is 2.73. The molecule has 0 amide bonds. The highest BCUT2D eigenvalue weighted by Crippen LogP contribution is 2.24. The van der Waals surface area contributed by atoms with Gasteiger partial charge < -0.3 is 14.4 Å². The topological polar surface area (TPSA) is 72.6 Å². The Morgan fingerprint density at radius 3 is 2.79 bits per heavy atom. The van der Waals surface area contributed by atoms with Gasteiger partial charge in [0.2, 0.25) is 0 Å². The molecule has 0 bridgehead atoms. The Morgan fingerprint density at radius 2 is 2.21 bits per heavy atom. The number of carboxylic acid groups (broad SMARTS) is 1. The van der Waals surface area contributed by atoms with Crippen LogP contribution >= 0.6 is 22.6 Å². The van der Waals surface area contributed by atoms with E-state index in [-0.39, 0.29) is 5.56 Å². The van der Waals surface area contributed by atoms with E-state index < -0.39 is 5.97 Å². The molecule has 0 spiro atoms. The summed E-state index contributed by atoms with van der Waals surface area (Å²) in [5.41, 5.74) is 1.87. The Balaban J connectivity index is 2.20. The lowest BCUT2D eigenvalue weighted by Crippen LogP contribution is -2.02. The van der Waals surface area contributed by atoms with Crippen molar-refractivity contribution in [3.8, 4) is 5.75 Å². The Labute approximate surface area is 123 Å². The van der Waals surface area contributed by atoms with Gasteiger partial charge in [-0.2, -0.15) is 0 Å². The van der Waals surface area contributed by atoms with Gasteiger partial charge in [0.15, 0.2) is 0 Å². The molecule has 0 saturated heterocycles. The molecule has 0 saturated carbocycles. The quantitative estimate of drug-likeness (QED) is 0.834. The first-order valence-electron chi connectivity index (χ1n) is 5.56. The monoisotopic (exact) mass is 373 g/mol. The predicted molar refractivity (Wildman–Crippen MR) is 76.4 cm³/mol. The number of halogens is 1. The van der Waals surface area contributed by atoms with Crippen LogP contribution in [-0.4, -0.2) is 16.2 Å². The van der Waals surface area contributed by atoms with E-state index in [0.717, 1.165) is 14.8 Å². The van der Waals surface area contributed by atoms with Crippen molar-refractivity contribution in [1.82, 2.24) is 5.16 Å². The Hall–Kier alpha value is -1.57. The highest BCUT2D eigenvalue weighted by molar-refractivity contribution is 14.1. The van der Waals surface area contributed by atoms with Crippen LogP contribution < -0.4 is 4.74 Å². The van der Waals surface area contributed by atoms with Crippen molar-refractivity contribution in [3.63, 3.8) is 0 Å². The van der Waals surface area contributed by atoms with E-state index in [0.29, 0.717) is 18.1 Å². The fraction of sp³-hybridized carbons (Fsp3) is 0.231. The summed E-state index contributed by atoms with van der Waals surface area (Å²) >= 11 is 2.10. The summed E-state index contributed by atoms with van der Waals surface area (Å²) in [5, 5.41) is 12.8. The second kappa shape index (κ2) is 5.60. The number of carboxylic acids is 1. The molecular formula is C13H12INO4. The van der Waals surface area contributed by atoms with E-state index in [2.05, 4.69) is 27.7 Å². The highest BCUT2D eigenvalue weighted by atomic mass is 127. The Kier molecular flexibility index (Phi) is 4.08. The van der Waals surface area contributed by atoms with Crippen molar-refractivity contribution in [2.45, 2.75) is 20.5 Å². The first-order chi connectivity index (χ1) is 8.99. The molecule has 0 aliphatic heterocycles. The van der Waals surface area contributed by atoms with Gasteiger partial charge in [0.05, 0.1) is 20.4 Å². The number of rotatable bonds is 4. The lowest BCUT2D eigenvalue weighted by molar-refractivity contribution is 0.0696. The van der Waals surface area contributed by atoms with Crippen LogP contribution in [0.5, 0.6) is 5.75 Å². The molecule has 1 N–H and O–H groups in total. The summed E-state index contributed by atoms with van der Waals surface area (Å²) in [4.78, 5) is 10.9. The zero-order valence-corrected chi connectivity index (χ0v) is 12.6. The molecule has 0 radical (unpaired) electrons. The molecule has 1 aromatic carbocycles. The van der Waals surface area contributed by atoms with Crippen LogP contribution in [0.3, 0.4) is 0 Å². The van der Waals surface area contributed by atoms with Crippen LogP contribution in [0.4, 0.5) is 0 Å². The molecule has 0 aliphatic rings. The van der Waals surface area contributed by atoms with Crippen LogP contribution in [0, 0.1) is 17.4 Å². The van der Waals surface area contributed by atoms with E-state index in [1.807, 2.05) is 13.8 Å². The zero-order chi connectivity index (χ0) is 14.0. The van der Waals surface area contributed by atoms with Crippen LogP contribution in [0.25, 0.3) is 0 Å². The van der Waals surface area contributed by atoms with Gasteiger partial charge in [-0.15, -0.1) is 0 Å². The largest absolute Gasteiger partial charge is 0.488 e. The summed E-state index contributed by atoms with van der Waals surface area (Å²) in [5.74, 6) is 0.279.